The van der Waals surface area contributed by atoms with Gasteiger partial charge in [-0.15, -0.1) is 0 Å². The maximum Gasteiger partial charge on any atom is 0.253 e. The van der Waals surface area contributed by atoms with Crippen LogP contribution >= 0.6 is 0 Å². The third-order valence-electron chi connectivity index (χ3n) is 6.17. The quantitative estimate of drug-likeness (QED) is 0.641. The van der Waals surface area contributed by atoms with Crippen molar-refractivity contribution in [3.63, 3.8) is 0 Å². The van der Waals surface area contributed by atoms with E-state index in [0.717, 1.165) is 18.4 Å². The van der Waals surface area contributed by atoms with Gasteiger partial charge in [0.05, 0.1) is 11.6 Å². The molecule has 1 aliphatic carbocycles. The lowest BCUT2D eigenvalue weighted by Crippen LogP contribution is -2.41. The number of hydrogen-bond acceptors (Lipinski definition) is 6. The van der Waals surface area contributed by atoms with Crippen LogP contribution in [0.2, 0.25) is 0 Å². The van der Waals surface area contributed by atoms with Crippen LogP contribution in [0.5, 0.6) is 0 Å². The second kappa shape index (κ2) is 8.87. The standard InChI is InChI=1S/C25H23N5O3/c26-15-16-2-1-3-21(14-16)27-23(31)18-10-12-30(13-11-18)25(32)20-8-4-17(5-9-20)22-28-24(33-29-22)19-6-7-19/h1-5,8-9,14,18-19H,6-7,10-13H2,(H,27,31). The molecule has 0 unspecified atom stereocenters. The minimum absolute atomic E-state index is 0.0473. The predicted molar refractivity (Wildman–Crippen MR) is 120 cm³/mol. The lowest BCUT2D eigenvalue weighted by atomic mass is 9.95. The van der Waals surface area contributed by atoms with E-state index in [9.17, 15) is 9.59 Å². The Hall–Kier alpha value is -3.99. The monoisotopic (exact) mass is 441 g/mol. The van der Waals surface area contributed by atoms with Gasteiger partial charge in [0.15, 0.2) is 0 Å². The molecule has 0 radical (unpaired) electrons. The molecule has 8 heteroatoms. The molecule has 1 aromatic heterocycles. The Morgan fingerprint density at radius 3 is 2.52 bits per heavy atom. The SMILES string of the molecule is N#Cc1cccc(NC(=O)C2CCN(C(=O)c3ccc(-c4noc(C5CC5)n4)cc3)CC2)c1. The molecule has 5 rings (SSSR count). The van der Waals surface area contributed by atoms with E-state index in [1.165, 1.54) is 0 Å². The fourth-order valence-corrected chi connectivity index (χ4v) is 4.05. The van der Waals surface area contributed by atoms with Gasteiger partial charge >= 0.3 is 0 Å². The highest BCUT2D eigenvalue weighted by Gasteiger charge is 2.30. The minimum atomic E-state index is -0.166. The van der Waals surface area contributed by atoms with Gasteiger partial charge in [-0.25, -0.2) is 0 Å². The first-order valence-corrected chi connectivity index (χ1v) is 11.1. The third kappa shape index (κ3) is 4.62. The molecular weight excluding hydrogens is 418 g/mol. The molecule has 1 N–H and O–H groups in total. The van der Waals surface area contributed by atoms with Gasteiger partial charge in [0, 0.05) is 41.7 Å². The van der Waals surface area contributed by atoms with Crippen molar-refractivity contribution in [1.29, 1.82) is 5.26 Å². The fraction of sp³-hybridized carbons (Fsp3) is 0.320. The number of anilines is 1. The van der Waals surface area contributed by atoms with Crippen molar-refractivity contribution < 1.29 is 14.1 Å². The molecule has 1 aliphatic heterocycles. The Kier molecular flexibility index (Phi) is 5.61. The third-order valence-corrected chi connectivity index (χ3v) is 6.17. The molecule has 8 nitrogen and oxygen atoms in total. The fourth-order valence-electron chi connectivity index (χ4n) is 4.05. The van der Waals surface area contributed by atoms with Crippen molar-refractivity contribution in [2.45, 2.75) is 31.6 Å². The van der Waals surface area contributed by atoms with E-state index in [0.29, 0.717) is 60.4 Å². The summed E-state index contributed by atoms with van der Waals surface area (Å²) in [6.07, 6.45) is 3.39. The molecular formula is C25H23N5O3. The van der Waals surface area contributed by atoms with Crippen LogP contribution in [0, 0.1) is 17.2 Å². The smallest absolute Gasteiger partial charge is 0.253 e. The summed E-state index contributed by atoms with van der Waals surface area (Å²) in [4.78, 5) is 31.8. The van der Waals surface area contributed by atoms with Crippen molar-refractivity contribution in [3.05, 3.63) is 65.5 Å². The number of aromatic nitrogens is 2. The summed E-state index contributed by atoms with van der Waals surface area (Å²) in [6.45, 7) is 1.04. The van der Waals surface area contributed by atoms with E-state index >= 15 is 0 Å². The van der Waals surface area contributed by atoms with Crippen LogP contribution in [0.4, 0.5) is 5.69 Å². The Bertz CT molecular complexity index is 1220. The van der Waals surface area contributed by atoms with Crippen LogP contribution in [0.1, 0.15) is 53.4 Å². The molecule has 2 fully saturated rings. The lowest BCUT2D eigenvalue weighted by molar-refractivity contribution is -0.121. The van der Waals surface area contributed by atoms with Gasteiger partial charge in [0.25, 0.3) is 5.91 Å². The summed E-state index contributed by atoms with van der Waals surface area (Å²) in [5.74, 6) is 1.35. The van der Waals surface area contributed by atoms with Crippen molar-refractivity contribution in [2.24, 2.45) is 5.92 Å². The number of hydrogen-bond donors (Lipinski definition) is 1. The van der Waals surface area contributed by atoms with E-state index < -0.39 is 0 Å². The summed E-state index contributed by atoms with van der Waals surface area (Å²) in [6, 6.07) is 16.2. The molecule has 2 amide bonds. The van der Waals surface area contributed by atoms with Gasteiger partial charge < -0.3 is 14.7 Å². The molecule has 1 saturated carbocycles. The van der Waals surface area contributed by atoms with E-state index in [1.54, 1.807) is 41.3 Å². The number of carbonyl (C=O) groups excluding carboxylic acids is 2. The highest BCUT2D eigenvalue weighted by Crippen LogP contribution is 2.39. The second-order valence-electron chi connectivity index (χ2n) is 8.56. The highest BCUT2D eigenvalue weighted by molar-refractivity contribution is 5.95. The van der Waals surface area contributed by atoms with Gasteiger partial charge in [-0.1, -0.05) is 23.4 Å². The van der Waals surface area contributed by atoms with Crippen molar-refractivity contribution in [1.82, 2.24) is 15.0 Å². The van der Waals surface area contributed by atoms with Gasteiger partial charge in [0.2, 0.25) is 17.6 Å². The summed E-state index contributed by atoms with van der Waals surface area (Å²) in [5.41, 5.74) is 2.53. The lowest BCUT2D eigenvalue weighted by Gasteiger charge is -2.31. The van der Waals surface area contributed by atoms with Crippen LogP contribution in [0.25, 0.3) is 11.4 Å². The Morgan fingerprint density at radius 1 is 1.06 bits per heavy atom. The first-order valence-electron chi connectivity index (χ1n) is 11.1. The van der Waals surface area contributed by atoms with Gasteiger partial charge in [-0.05, 0) is 56.0 Å². The van der Waals surface area contributed by atoms with Crippen molar-refractivity contribution in [2.75, 3.05) is 18.4 Å². The first kappa shape index (κ1) is 20.9. The molecule has 0 spiro atoms. The number of nitriles is 1. The average Bonchev–Trinajstić information content (AvgIpc) is 3.60. The highest BCUT2D eigenvalue weighted by atomic mass is 16.5. The van der Waals surface area contributed by atoms with E-state index in [-0.39, 0.29) is 17.7 Å². The van der Waals surface area contributed by atoms with Crippen molar-refractivity contribution >= 4 is 17.5 Å². The summed E-state index contributed by atoms with van der Waals surface area (Å²) in [5, 5.41) is 15.9. The average molecular weight is 441 g/mol. The number of amides is 2. The number of nitrogens with one attached hydrogen (secondary N) is 1. The van der Waals surface area contributed by atoms with Crippen molar-refractivity contribution in [3.8, 4) is 17.5 Å². The normalized spacial score (nSPS) is 16.3. The summed E-state index contributed by atoms with van der Waals surface area (Å²) < 4.78 is 5.31. The number of carbonyl (C=O) groups is 2. The number of piperidine rings is 1. The summed E-state index contributed by atoms with van der Waals surface area (Å²) in [7, 11) is 0. The molecule has 1 saturated heterocycles. The number of benzene rings is 2. The molecule has 0 atom stereocenters. The van der Waals surface area contributed by atoms with Crippen LogP contribution in [0.15, 0.2) is 53.1 Å². The Balaban J connectivity index is 1.16. The van der Waals surface area contributed by atoms with E-state index in [4.69, 9.17) is 9.78 Å². The Labute approximate surface area is 191 Å². The van der Waals surface area contributed by atoms with Gasteiger partial charge in [-0.3, -0.25) is 9.59 Å². The molecule has 2 aliphatic rings. The van der Waals surface area contributed by atoms with Gasteiger partial charge in [-0.2, -0.15) is 10.2 Å². The molecule has 166 valence electrons. The van der Waals surface area contributed by atoms with E-state index in [1.807, 2.05) is 12.1 Å². The maximum atomic E-state index is 12.9. The largest absolute Gasteiger partial charge is 0.339 e. The number of nitrogens with zero attached hydrogens (tertiary/aromatic N) is 4. The number of likely N-dealkylation sites (tertiary alicyclic amines) is 1. The minimum Gasteiger partial charge on any atom is -0.339 e. The van der Waals surface area contributed by atoms with Gasteiger partial charge in [0.1, 0.15) is 0 Å². The van der Waals surface area contributed by atoms with Crippen LogP contribution in [0.3, 0.4) is 0 Å². The Morgan fingerprint density at radius 2 is 1.82 bits per heavy atom. The zero-order valence-electron chi connectivity index (χ0n) is 18.0. The van der Waals surface area contributed by atoms with Crippen LogP contribution < -0.4 is 5.32 Å². The second-order valence-corrected chi connectivity index (χ2v) is 8.56. The molecule has 2 aromatic carbocycles. The molecule has 3 aromatic rings. The predicted octanol–water partition coefficient (Wildman–Crippen LogP) is 3.98. The van der Waals surface area contributed by atoms with E-state index in [2.05, 4.69) is 21.5 Å². The molecule has 2 heterocycles. The molecule has 0 bridgehead atoms. The first-order chi connectivity index (χ1) is 16.1. The van der Waals surface area contributed by atoms with Crippen LogP contribution in [-0.4, -0.2) is 39.9 Å². The number of rotatable bonds is 5. The molecule has 33 heavy (non-hydrogen) atoms. The summed E-state index contributed by atoms with van der Waals surface area (Å²) >= 11 is 0. The topological polar surface area (TPSA) is 112 Å². The zero-order valence-corrected chi connectivity index (χ0v) is 18.0. The maximum absolute atomic E-state index is 12.9. The van der Waals surface area contributed by atoms with Crippen LogP contribution in [-0.2, 0) is 4.79 Å². The zero-order chi connectivity index (χ0) is 22.8.